The summed E-state index contributed by atoms with van der Waals surface area (Å²) < 4.78 is 0. The minimum atomic E-state index is -0.380. The third kappa shape index (κ3) is 2.53. The van der Waals surface area contributed by atoms with Crippen LogP contribution in [0.15, 0.2) is 18.2 Å². The van der Waals surface area contributed by atoms with Gasteiger partial charge in [-0.1, -0.05) is 6.07 Å². The Balaban J connectivity index is 2.22. The highest BCUT2D eigenvalue weighted by Crippen LogP contribution is 2.35. The number of nitro groups is 1. The van der Waals surface area contributed by atoms with Gasteiger partial charge in [0.2, 0.25) is 0 Å². The number of aliphatic hydroxyl groups is 1. The van der Waals surface area contributed by atoms with Crippen LogP contribution in [0.3, 0.4) is 0 Å². The quantitative estimate of drug-likeness (QED) is 0.550. The van der Waals surface area contributed by atoms with E-state index in [4.69, 9.17) is 0 Å². The second-order valence-corrected chi connectivity index (χ2v) is 4.46. The van der Waals surface area contributed by atoms with Crippen LogP contribution in [0.1, 0.15) is 19.8 Å². The third-order valence-electron chi connectivity index (χ3n) is 3.06. The summed E-state index contributed by atoms with van der Waals surface area (Å²) in [7, 11) is 0. The smallest absolute Gasteiger partial charge is 0.315 e. The molecule has 0 atom stereocenters. The molecule has 1 aliphatic carbocycles. The zero-order valence-corrected chi connectivity index (χ0v) is 10.2. The lowest BCUT2D eigenvalue weighted by Crippen LogP contribution is -2.39. The Bertz CT molecular complexity index is 444. The molecule has 6 nitrogen and oxygen atoms in total. The zero-order chi connectivity index (χ0) is 13.1. The van der Waals surface area contributed by atoms with Crippen molar-refractivity contribution in [1.29, 1.82) is 0 Å². The highest BCUT2D eigenvalue weighted by atomic mass is 16.6. The van der Waals surface area contributed by atoms with E-state index in [1.165, 1.54) is 0 Å². The summed E-state index contributed by atoms with van der Waals surface area (Å²) in [5.41, 5.74) is 1.10. The van der Waals surface area contributed by atoms with E-state index < -0.39 is 0 Å². The standard InChI is InChI=1S/C12H17N3O3/c1-2-13-10-4-3-5-11(12(10)15(17)18)14-8-6-9(16)7-8/h3-5,8-9,13-14,16H,2,6-7H2,1H3. The second-order valence-electron chi connectivity index (χ2n) is 4.46. The second kappa shape index (κ2) is 5.22. The molecule has 0 spiro atoms. The van der Waals surface area contributed by atoms with Crippen LogP contribution in [0.25, 0.3) is 0 Å². The fourth-order valence-electron chi connectivity index (χ4n) is 2.12. The Morgan fingerprint density at radius 2 is 2.11 bits per heavy atom. The number of nitrogens with zero attached hydrogens (tertiary/aromatic N) is 1. The number of hydrogen-bond acceptors (Lipinski definition) is 5. The van der Waals surface area contributed by atoms with E-state index in [9.17, 15) is 15.2 Å². The molecule has 1 saturated carbocycles. The van der Waals surface area contributed by atoms with Gasteiger partial charge in [0.1, 0.15) is 11.4 Å². The minimum Gasteiger partial charge on any atom is -0.393 e. The van der Waals surface area contributed by atoms with E-state index in [0.29, 0.717) is 30.8 Å². The van der Waals surface area contributed by atoms with Gasteiger partial charge in [0.15, 0.2) is 0 Å². The Kier molecular flexibility index (Phi) is 3.66. The van der Waals surface area contributed by atoms with Gasteiger partial charge < -0.3 is 15.7 Å². The monoisotopic (exact) mass is 251 g/mol. The molecule has 0 aliphatic heterocycles. The van der Waals surface area contributed by atoms with E-state index in [1.54, 1.807) is 18.2 Å². The van der Waals surface area contributed by atoms with Crippen molar-refractivity contribution in [3.05, 3.63) is 28.3 Å². The number of nitrogens with one attached hydrogen (secondary N) is 2. The average molecular weight is 251 g/mol. The fraction of sp³-hybridized carbons (Fsp3) is 0.500. The Hall–Kier alpha value is -1.82. The topological polar surface area (TPSA) is 87.4 Å². The van der Waals surface area contributed by atoms with E-state index >= 15 is 0 Å². The number of anilines is 2. The lowest BCUT2D eigenvalue weighted by molar-refractivity contribution is -0.383. The first-order valence-electron chi connectivity index (χ1n) is 6.07. The number of aliphatic hydroxyl groups excluding tert-OH is 1. The lowest BCUT2D eigenvalue weighted by Gasteiger charge is -2.32. The van der Waals surface area contributed by atoms with Crippen molar-refractivity contribution in [3.63, 3.8) is 0 Å². The molecular weight excluding hydrogens is 234 g/mol. The lowest BCUT2D eigenvalue weighted by atomic mass is 9.89. The van der Waals surface area contributed by atoms with Gasteiger partial charge in [-0.2, -0.15) is 0 Å². The first-order chi connectivity index (χ1) is 8.61. The molecule has 3 N–H and O–H groups in total. The third-order valence-corrected chi connectivity index (χ3v) is 3.06. The molecule has 0 amide bonds. The van der Waals surface area contributed by atoms with Crippen LogP contribution >= 0.6 is 0 Å². The fourth-order valence-corrected chi connectivity index (χ4v) is 2.12. The maximum absolute atomic E-state index is 11.1. The first kappa shape index (κ1) is 12.6. The van der Waals surface area contributed by atoms with Gasteiger partial charge in [-0.3, -0.25) is 10.1 Å². The molecule has 0 unspecified atom stereocenters. The molecule has 1 aromatic carbocycles. The molecule has 1 fully saturated rings. The maximum atomic E-state index is 11.1. The molecule has 6 heteroatoms. The van der Waals surface area contributed by atoms with Gasteiger partial charge in [0.05, 0.1) is 11.0 Å². The van der Waals surface area contributed by atoms with Gasteiger partial charge in [-0.25, -0.2) is 0 Å². The molecule has 98 valence electrons. The summed E-state index contributed by atoms with van der Waals surface area (Å²) in [6, 6.07) is 5.30. The molecule has 0 heterocycles. The average Bonchev–Trinajstić information content (AvgIpc) is 2.27. The highest BCUT2D eigenvalue weighted by Gasteiger charge is 2.29. The van der Waals surface area contributed by atoms with Gasteiger partial charge in [0.25, 0.3) is 0 Å². The molecule has 18 heavy (non-hydrogen) atoms. The number of rotatable bonds is 5. The van der Waals surface area contributed by atoms with Crippen LogP contribution in [0.5, 0.6) is 0 Å². The first-order valence-corrected chi connectivity index (χ1v) is 6.07. The van der Waals surface area contributed by atoms with Crippen LogP contribution in [-0.4, -0.2) is 28.7 Å². The molecule has 0 bridgehead atoms. The summed E-state index contributed by atoms with van der Waals surface area (Å²) >= 11 is 0. The van der Waals surface area contributed by atoms with Crippen LogP contribution in [-0.2, 0) is 0 Å². The number of benzene rings is 1. The van der Waals surface area contributed by atoms with E-state index in [2.05, 4.69) is 10.6 Å². The molecular formula is C12H17N3O3. The van der Waals surface area contributed by atoms with E-state index in [-0.39, 0.29) is 22.8 Å². The van der Waals surface area contributed by atoms with E-state index in [0.717, 1.165) is 0 Å². The highest BCUT2D eigenvalue weighted by molar-refractivity contribution is 5.76. The van der Waals surface area contributed by atoms with Crippen LogP contribution < -0.4 is 10.6 Å². The van der Waals surface area contributed by atoms with Crippen molar-refractivity contribution >= 4 is 17.1 Å². The van der Waals surface area contributed by atoms with Crippen LogP contribution in [0.4, 0.5) is 17.1 Å². The summed E-state index contributed by atoms with van der Waals surface area (Å²) in [5, 5.41) is 26.5. The predicted molar refractivity (Wildman–Crippen MR) is 69.9 cm³/mol. The van der Waals surface area contributed by atoms with Crippen molar-refractivity contribution in [1.82, 2.24) is 0 Å². The van der Waals surface area contributed by atoms with Crippen molar-refractivity contribution in [2.75, 3.05) is 17.2 Å². The normalized spacial score (nSPS) is 22.1. The predicted octanol–water partition coefficient (Wildman–Crippen LogP) is 1.96. The Morgan fingerprint density at radius 3 is 2.67 bits per heavy atom. The van der Waals surface area contributed by atoms with Gasteiger partial charge in [-0.05, 0) is 31.9 Å². The minimum absolute atomic E-state index is 0.0701. The van der Waals surface area contributed by atoms with Gasteiger partial charge in [0, 0.05) is 12.6 Å². The van der Waals surface area contributed by atoms with Crippen molar-refractivity contribution in [3.8, 4) is 0 Å². The van der Waals surface area contributed by atoms with Crippen LogP contribution in [0.2, 0.25) is 0 Å². The van der Waals surface area contributed by atoms with Crippen molar-refractivity contribution in [2.45, 2.75) is 31.9 Å². The molecule has 0 saturated heterocycles. The SMILES string of the molecule is CCNc1cccc(NC2CC(O)C2)c1[N+](=O)[O-]. The summed E-state index contributed by atoms with van der Waals surface area (Å²) in [5.74, 6) is 0. The van der Waals surface area contributed by atoms with Crippen molar-refractivity contribution < 1.29 is 10.0 Å². The van der Waals surface area contributed by atoms with Crippen LogP contribution in [0, 0.1) is 10.1 Å². The summed E-state index contributed by atoms with van der Waals surface area (Å²) in [4.78, 5) is 10.8. The van der Waals surface area contributed by atoms with Crippen molar-refractivity contribution in [2.24, 2.45) is 0 Å². The molecule has 2 rings (SSSR count). The summed E-state index contributed by atoms with van der Waals surface area (Å²) in [6.07, 6.45) is 1.00. The van der Waals surface area contributed by atoms with E-state index in [1.807, 2.05) is 6.92 Å². The molecule has 0 aromatic heterocycles. The Labute approximate surface area is 105 Å². The largest absolute Gasteiger partial charge is 0.393 e. The summed E-state index contributed by atoms with van der Waals surface area (Å²) in [6.45, 7) is 2.53. The zero-order valence-electron chi connectivity index (χ0n) is 10.2. The number of nitro benzene ring substituents is 1. The number of hydrogen-bond donors (Lipinski definition) is 3. The van der Waals surface area contributed by atoms with Gasteiger partial charge in [-0.15, -0.1) is 0 Å². The molecule has 0 radical (unpaired) electrons. The van der Waals surface area contributed by atoms with Gasteiger partial charge >= 0.3 is 5.69 Å². The molecule has 1 aromatic rings. The number of para-hydroxylation sites is 1. The maximum Gasteiger partial charge on any atom is 0.315 e. The molecule has 1 aliphatic rings. The Morgan fingerprint density at radius 1 is 1.44 bits per heavy atom.